The highest BCUT2D eigenvalue weighted by Gasteiger charge is 1.91. The minimum Gasteiger partial charge on any atom is -0.387 e. The molecule has 0 aliphatic rings. The monoisotopic (exact) mass is 136 g/mol. The van der Waals surface area contributed by atoms with Gasteiger partial charge in [-0.25, -0.2) is 0 Å². The van der Waals surface area contributed by atoms with Crippen molar-refractivity contribution < 1.29 is 5.11 Å². The second kappa shape index (κ2) is 4.88. The average molecular weight is 136 g/mol. The van der Waals surface area contributed by atoms with E-state index in [4.69, 9.17) is 11.5 Å². The van der Waals surface area contributed by atoms with E-state index in [0.717, 1.165) is 5.57 Å². The van der Waals surface area contributed by atoms with Crippen molar-refractivity contribution in [1.82, 2.24) is 0 Å². The van der Waals surface area contributed by atoms with Gasteiger partial charge in [-0.3, -0.25) is 0 Å². The van der Waals surface area contributed by atoms with Gasteiger partial charge >= 0.3 is 0 Å². The molecule has 0 radical (unpaired) electrons. The maximum atomic E-state index is 9.02. The number of aliphatic hydroxyl groups excluding tert-OH is 1. The molecule has 0 aliphatic carbocycles. The summed E-state index contributed by atoms with van der Waals surface area (Å²) in [5, 5.41) is 9.02. The zero-order valence-corrected chi connectivity index (χ0v) is 6.39. The highest BCUT2D eigenvalue weighted by Crippen LogP contribution is 1.91. The van der Waals surface area contributed by atoms with Gasteiger partial charge in [0.25, 0.3) is 0 Å². The van der Waals surface area contributed by atoms with Crippen LogP contribution in [0.5, 0.6) is 0 Å². The third-order valence-electron chi connectivity index (χ3n) is 0.891. The lowest BCUT2D eigenvalue weighted by Gasteiger charge is -1.94. The van der Waals surface area contributed by atoms with Crippen LogP contribution in [0, 0.1) is 12.3 Å². The molecule has 0 rings (SSSR count). The van der Waals surface area contributed by atoms with Crippen LogP contribution in [0.15, 0.2) is 17.4 Å². The van der Waals surface area contributed by atoms with Crippen LogP contribution in [-0.4, -0.2) is 11.2 Å². The molecule has 54 valence electrons. The molecular weight excluding hydrogens is 124 g/mol. The van der Waals surface area contributed by atoms with Crippen molar-refractivity contribution in [3.8, 4) is 12.3 Å². The van der Waals surface area contributed by atoms with E-state index in [-0.39, 0.29) is 0 Å². The van der Waals surface area contributed by atoms with Gasteiger partial charge in [0.05, 0.1) is 6.10 Å². The van der Waals surface area contributed by atoms with E-state index >= 15 is 0 Å². The first-order chi connectivity index (χ1) is 4.66. The third kappa shape index (κ3) is 5.18. The summed E-state index contributed by atoms with van der Waals surface area (Å²) in [4.78, 5) is 0. The van der Waals surface area contributed by atoms with Crippen LogP contribution in [0.1, 0.15) is 20.3 Å². The van der Waals surface area contributed by atoms with Crippen molar-refractivity contribution in [3.63, 3.8) is 0 Å². The third-order valence-corrected chi connectivity index (χ3v) is 0.891. The van der Waals surface area contributed by atoms with E-state index < -0.39 is 6.10 Å². The first kappa shape index (κ1) is 9.04. The van der Waals surface area contributed by atoms with Gasteiger partial charge in [0.2, 0.25) is 0 Å². The molecule has 0 bridgehead atoms. The van der Waals surface area contributed by atoms with Gasteiger partial charge < -0.3 is 5.11 Å². The molecule has 10 heavy (non-hydrogen) atoms. The van der Waals surface area contributed by atoms with Crippen LogP contribution < -0.4 is 0 Å². The predicted octanol–water partition coefficient (Wildman–Crippen LogP) is 1.49. The maximum Gasteiger partial charge on any atom is 0.0903 e. The first-order valence-corrected chi connectivity index (χ1v) is 3.18. The Hall–Kier alpha value is -0.960. The molecule has 0 heterocycles. The standard InChI is InChI=1S/C9H12O/c1-4-5-9(10)7-6-8(2)3/h1,7,9-10H,5H2,2-3H3. The molecule has 0 aromatic heterocycles. The fraction of sp³-hybridized carbons (Fsp3) is 0.444. The molecule has 1 unspecified atom stereocenters. The Bertz CT molecular complexity index is 185. The molecule has 0 fully saturated rings. The maximum absolute atomic E-state index is 9.02. The lowest BCUT2D eigenvalue weighted by atomic mass is 10.2. The summed E-state index contributed by atoms with van der Waals surface area (Å²) in [6, 6.07) is 0. The van der Waals surface area contributed by atoms with Gasteiger partial charge in [-0.1, -0.05) is 0 Å². The fourth-order valence-electron chi connectivity index (χ4n) is 0.443. The lowest BCUT2D eigenvalue weighted by molar-refractivity contribution is 0.229. The number of rotatable bonds is 2. The van der Waals surface area contributed by atoms with Crippen LogP contribution in [0.25, 0.3) is 0 Å². The molecule has 0 aliphatic heterocycles. The smallest absolute Gasteiger partial charge is 0.0903 e. The zero-order chi connectivity index (χ0) is 7.98. The SMILES string of the molecule is C#CCC(O)C=C=C(C)C. The molecule has 0 saturated carbocycles. The van der Waals surface area contributed by atoms with E-state index in [1.165, 1.54) is 0 Å². The Morgan fingerprint density at radius 2 is 2.30 bits per heavy atom. The van der Waals surface area contributed by atoms with Crippen molar-refractivity contribution in [1.29, 1.82) is 0 Å². The van der Waals surface area contributed by atoms with Crippen molar-refractivity contribution in [3.05, 3.63) is 17.4 Å². The predicted molar refractivity (Wildman–Crippen MR) is 42.4 cm³/mol. The molecule has 0 spiro atoms. The van der Waals surface area contributed by atoms with E-state index in [0.29, 0.717) is 6.42 Å². The molecule has 1 atom stereocenters. The van der Waals surface area contributed by atoms with Gasteiger partial charge in [-0.2, -0.15) is 0 Å². The second-order valence-corrected chi connectivity index (χ2v) is 2.29. The topological polar surface area (TPSA) is 20.2 Å². The van der Waals surface area contributed by atoms with Crippen LogP contribution in [0.2, 0.25) is 0 Å². The van der Waals surface area contributed by atoms with Crippen LogP contribution in [-0.2, 0) is 0 Å². The Kier molecular flexibility index (Phi) is 4.41. The van der Waals surface area contributed by atoms with Crippen LogP contribution in [0.3, 0.4) is 0 Å². The summed E-state index contributed by atoms with van der Waals surface area (Å²) in [5.41, 5.74) is 3.91. The van der Waals surface area contributed by atoms with E-state index in [9.17, 15) is 0 Å². The second-order valence-electron chi connectivity index (χ2n) is 2.29. The van der Waals surface area contributed by atoms with Gasteiger partial charge in [0, 0.05) is 6.42 Å². The quantitative estimate of drug-likeness (QED) is 0.450. The Morgan fingerprint density at radius 1 is 1.70 bits per heavy atom. The number of terminal acetylenes is 1. The van der Waals surface area contributed by atoms with E-state index in [2.05, 4.69) is 11.7 Å². The fourth-order valence-corrected chi connectivity index (χ4v) is 0.443. The molecule has 1 heteroatoms. The summed E-state index contributed by atoms with van der Waals surface area (Å²) >= 11 is 0. The summed E-state index contributed by atoms with van der Waals surface area (Å²) in [7, 11) is 0. The first-order valence-electron chi connectivity index (χ1n) is 3.18. The summed E-state index contributed by atoms with van der Waals surface area (Å²) in [6.45, 7) is 3.83. The van der Waals surface area contributed by atoms with Crippen LogP contribution in [0.4, 0.5) is 0 Å². The van der Waals surface area contributed by atoms with Gasteiger partial charge in [0.15, 0.2) is 0 Å². The lowest BCUT2D eigenvalue weighted by Crippen LogP contribution is -1.98. The molecule has 1 nitrogen and oxygen atoms in total. The Balaban J connectivity index is 3.92. The summed E-state index contributed by atoms with van der Waals surface area (Å²) < 4.78 is 0. The van der Waals surface area contributed by atoms with Crippen LogP contribution >= 0.6 is 0 Å². The van der Waals surface area contributed by atoms with Crippen molar-refractivity contribution in [2.45, 2.75) is 26.4 Å². The molecule has 0 aromatic carbocycles. The molecular formula is C9H12O. The number of hydrogen-bond donors (Lipinski definition) is 1. The molecule has 0 aromatic rings. The van der Waals surface area contributed by atoms with E-state index in [1.807, 2.05) is 13.8 Å². The summed E-state index contributed by atoms with van der Waals surface area (Å²) in [6.07, 6.45) is 6.37. The van der Waals surface area contributed by atoms with Gasteiger partial charge in [0.1, 0.15) is 0 Å². The summed E-state index contributed by atoms with van der Waals surface area (Å²) in [5.74, 6) is 2.36. The minimum absolute atomic E-state index is 0.361. The van der Waals surface area contributed by atoms with Crippen molar-refractivity contribution >= 4 is 0 Å². The van der Waals surface area contributed by atoms with E-state index in [1.54, 1.807) is 6.08 Å². The van der Waals surface area contributed by atoms with Crippen molar-refractivity contribution in [2.24, 2.45) is 0 Å². The molecule has 0 amide bonds. The largest absolute Gasteiger partial charge is 0.387 e. The average Bonchev–Trinajstić information content (AvgIpc) is 1.85. The molecule has 1 N–H and O–H groups in total. The Morgan fingerprint density at radius 3 is 2.70 bits per heavy atom. The van der Waals surface area contributed by atoms with Crippen molar-refractivity contribution in [2.75, 3.05) is 0 Å². The normalized spacial score (nSPS) is 11.0. The van der Waals surface area contributed by atoms with Gasteiger partial charge in [-0.05, 0) is 25.5 Å². The Labute approximate surface area is 62.1 Å². The molecule has 0 saturated heterocycles. The number of aliphatic hydroxyl groups is 1. The highest BCUT2D eigenvalue weighted by molar-refractivity contribution is 5.00. The minimum atomic E-state index is -0.542. The highest BCUT2D eigenvalue weighted by atomic mass is 16.3. The van der Waals surface area contributed by atoms with Gasteiger partial charge in [-0.15, -0.1) is 18.1 Å². The number of hydrogen-bond acceptors (Lipinski definition) is 1. The zero-order valence-electron chi connectivity index (χ0n) is 6.39.